The lowest BCUT2D eigenvalue weighted by atomic mass is 9.90. The summed E-state index contributed by atoms with van der Waals surface area (Å²) in [5.74, 6) is 0. The molecule has 1 aromatic rings. The zero-order valence-electron chi connectivity index (χ0n) is 10.7. The summed E-state index contributed by atoms with van der Waals surface area (Å²) in [7, 11) is 0. The second kappa shape index (κ2) is 5.75. The van der Waals surface area contributed by atoms with Crippen LogP contribution >= 0.6 is 11.3 Å². The minimum absolute atomic E-state index is 0.0230. The average molecular weight is 241 g/mol. The molecular formula is C12H23N3S. The first-order valence-corrected chi connectivity index (χ1v) is 6.79. The van der Waals surface area contributed by atoms with Crippen LogP contribution in [0.4, 0.5) is 0 Å². The molecule has 1 rings (SSSR count). The summed E-state index contributed by atoms with van der Waals surface area (Å²) in [5, 5.41) is 3.14. The highest BCUT2D eigenvalue weighted by molar-refractivity contribution is 7.09. The van der Waals surface area contributed by atoms with E-state index in [0.717, 1.165) is 24.5 Å². The van der Waals surface area contributed by atoms with Gasteiger partial charge in [-0.15, -0.1) is 11.3 Å². The lowest BCUT2D eigenvalue weighted by molar-refractivity contribution is 0.106. The van der Waals surface area contributed by atoms with Gasteiger partial charge >= 0.3 is 0 Å². The highest BCUT2D eigenvalue weighted by Crippen LogP contribution is 2.21. The Morgan fingerprint density at radius 3 is 2.50 bits per heavy atom. The molecule has 0 amide bonds. The lowest BCUT2D eigenvalue weighted by Gasteiger charge is -2.41. The van der Waals surface area contributed by atoms with E-state index in [1.54, 1.807) is 11.3 Å². The minimum Gasteiger partial charge on any atom is -0.326 e. The Balaban J connectivity index is 2.67. The van der Waals surface area contributed by atoms with Crippen LogP contribution in [0.1, 0.15) is 32.7 Å². The second-order valence-corrected chi connectivity index (χ2v) is 5.54. The molecule has 0 saturated heterocycles. The van der Waals surface area contributed by atoms with Gasteiger partial charge in [0.25, 0.3) is 0 Å². The summed E-state index contributed by atoms with van der Waals surface area (Å²) in [4.78, 5) is 6.71. The number of rotatable bonds is 6. The molecule has 0 aliphatic carbocycles. The van der Waals surface area contributed by atoms with Crippen LogP contribution in [0, 0.1) is 0 Å². The minimum atomic E-state index is 0.0230. The Bertz CT molecular complexity index is 291. The molecule has 1 unspecified atom stereocenters. The van der Waals surface area contributed by atoms with Crippen LogP contribution < -0.4 is 5.73 Å². The number of aromatic nitrogens is 1. The standard InChI is InChI=1S/C12H23N3S/c1-5-15(6-2)12(3,4)10(13)9-11-14-7-8-16-11/h7-8,10H,5-6,9,13H2,1-4H3. The lowest BCUT2D eigenvalue weighted by Crippen LogP contribution is -2.56. The van der Waals surface area contributed by atoms with Crippen LogP contribution in [-0.4, -0.2) is 34.6 Å². The van der Waals surface area contributed by atoms with E-state index in [9.17, 15) is 0 Å². The fraction of sp³-hybridized carbons (Fsp3) is 0.750. The van der Waals surface area contributed by atoms with Crippen molar-refractivity contribution in [2.75, 3.05) is 13.1 Å². The zero-order chi connectivity index (χ0) is 12.2. The highest BCUT2D eigenvalue weighted by atomic mass is 32.1. The van der Waals surface area contributed by atoms with E-state index in [1.807, 2.05) is 11.6 Å². The molecule has 0 aromatic carbocycles. The van der Waals surface area contributed by atoms with Gasteiger partial charge in [0.1, 0.15) is 0 Å². The van der Waals surface area contributed by atoms with Gasteiger partial charge < -0.3 is 5.73 Å². The van der Waals surface area contributed by atoms with Crippen LogP contribution in [0.25, 0.3) is 0 Å². The van der Waals surface area contributed by atoms with Gasteiger partial charge in [-0.3, -0.25) is 4.90 Å². The van der Waals surface area contributed by atoms with Crippen molar-refractivity contribution in [2.45, 2.75) is 45.7 Å². The summed E-state index contributed by atoms with van der Waals surface area (Å²) in [6, 6.07) is 0.124. The Hall–Kier alpha value is -0.450. The van der Waals surface area contributed by atoms with Crippen molar-refractivity contribution in [1.29, 1.82) is 0 Å². The third-order valence-electron chi connectivity index (χ3n) is 3.36. The predicted molar refractivity (Wildman–Crippen MR) is 70.8 cm³/mol. The molecule has 1 atom stereocenters. The van der Waals surface area contributed by atoms with Gasteiger partial charge in [0.2, 0.25) is 0 Å². The summed E-state index contributed by atoms with van der Waals surface area (Å²) in [6.07, 6.45) is 2.71. The molecule has 3 nitrogen and oxygen atoms in total. The monoisotopic (exact) mass is 241 g/mol. The van der Waals surface area contributed by atoms with Crippen LogP contribution in [-0.2, 0) is 6.42 Å². The van der Waals surface area contributed by atoms with Crippen molar-refractivity contribution in [1.82, 2.24) is 9.88 Å². The van der Waals surface area contributed by atoms with Crippen molar-refractivity contribution in [3.05, 3.63) is 16.6 Å². The van der Waals surface area contributed by atoms with E-state index >= 15 is 0 Å². The molecule has 4 heteroatoms. The average Bonchev–Trinajstić information content (AvgIpc) is 2.71. The number of thiazole rings is 1. The van der Waals surface area contributed by atoms with E-state index in [1.165, 1.54) is 0 Å². The fourth-order valence-electron chi connectivity index (χ4n) is 2.06. The second-order valence-electron chi connectivity index (χ2n) is 4.56. The van der Waals surface area contributed by atoms with E-state index in [-0.39, 0.29) is 11.6 Å². The Morgan fingerprint density at radius 2 is 2.06 bits per heavy atom. The molecule has 0 fully saturated rings. The van der Waals surface area contributed by atoms with Gasteiger partial charge in [0, 0.05) is 29.6 Å². The normalized spacial score (nSPS) is 14.4. The molecule has 0 spiro atoms. The molecular weight excluding hydrogens is 218 g/mol. The van der Waals surface area contributed by atoms with Gasteiger partial charge in [0.05, 0.1) is 5.01 Å². The molecule has 0 radical (unpaired) electrons. The van der Waals surface area contributed by atoms with Gasteiger partial charge in [-0.05, 0) is 26.9 Å². The van der Waals surface area contributed by atoms with Crippen molar-refractivity contribution >= 4 is 11.3 Å². The summed E-state index contributed by atoms with van der Waals surface area (Å²) in [5.41, 5.74) is 6.34. The van der Waals surface area contributed by atoms with Crippen molar-refractivity contribution in [3.8, 4) is 0 Å². The molecule has 16 heavy (non-hydrogen) atoms. The van der Waals surface area contributed by atoms with E-state index in [4.69, 9.17) is 5.73 Å². The Morgan fingerprint density at radius 1 is 1.44 bits per heavy atom. The van der Waals surface area contributed by atoms with E-state index in [0.29, 0.717) is 0 Å². The van der Waals surface area contributed by atoms with Crippen LogP contribution in [0.5, 0.6) is 0 Å². The zero-order valence-corrected chi connectivity index (χ0v) is 11.5. The van der Waals surface area contributed by atoms with Gasteiger partial charge in [-0.1, -0.05) is 13.8 Å². The van der Waals surface area contributed by atoms with E-state index in [2.05, 4.69) is 37.6 Å². The predicted octanol–water partition coefficient (Wildman–Crippen LogP) is 2.13. The van der Waals surface area contributed by atoms with Gasteiger partial charge in [-0.2, -0.15) is 0 Å². The van der Waals surface area contributed by atoms with Crippen molar-refractivity contribution in [3.63, 3.8) is 0 Å². The van der Waals surface area contributed by atoms with Crippen LogP contribution in [0.3, 0.4) is 0 Å². The maximum atomic E-state index is 6.32. The Labute approximate surface area is 103 Å². The van der Waals surface area contributed by atoms with Crippen molar-refractivity contribution < 1.29 is 0 Å². The first-order chi connectivity index (χ1) is 7.52. The van der Waals surface area contributed by atoms with Gasteiger partial charge in [0.15, 0.2) is 0 Å². The smallest absolute Gasteiger partial charge is 0.0940 e. The molecule has 92 valence electrons. The molecule has 0 aliphatic rings. The van der Waals surface area contributed by atoms with Crippen LogP contribution in [0.15, 0.2) is 11.6 Å². The molecule has 0 aliphatic heterocycles. The fourth-order valence-corrected chi connectivity index (χ4v) is 2.74. The third kappa shape index (κ3) is 3.03. The SMILES string of the molecule is CCN(CC)C(C)(C)C(N)Cc1nccs1. The highest BCUT2D eigenvalue weighted by Gasteiger charge is 2.31. The number of hydrogen-bond acceptors (Lipinski definition) is 4. The summed E-state index contributed by atoms with van der Waals surface area (Å²) in [6.45, 7) is 10.9. The van der Waals surface area contributed by atoms with Crippen LogP contribution in [0.2, 0.25) is 0 Å². The molecule has 2 N–H and O–H groups in total. The van der Waals surface area contributed by atoms with E-state index < -0.39 is 0 Å². The number of nitrogens with zero attached hydrogens (tertiary/aromatic N) is 2. The topological polar surface area (TPSA) is 42.1 Å². The van der Waals surface area contributed by atoms with Crippen molar-refractivity contribution in [2.24, 2.45) is 5.73 Å². The quantitative estimate of drug-likeness (QED) is 0.829. The molecule has 1 aromatic heterocycles. The number of nitrogens with two attached hydrogens (primary N) is 1. The van der Waals surface area contributed by atoms with Gasteiger partial charge in [-0.25, -0.2) is 4.98 Å². The maximum absolute atomic E-state index is 6.32. The Kier molecular flexibility index (Phi) is 4.89. The number of likely N-dealkylation sites (N-methyl/N-ethyl adjacent to an activating group) is 1. The molecule has 0 bridgehead atoms. The third-order valence-corrected chi connectivity index (χ3v) is 4.17. The first-order valence-electron chi connectivity index (χ1n) is 5.91. The summed E-state index contributed by atoms with van der Waals surface area (Å²) >= 11 is 1.68. The molecule has 1 heterocycles. The first kappa shape index (κ1) is 13.6. The number of hydrogen-bond donors (Lipinski definition) is 1. The molecule has 0 saturated carbocycles. The summed E-state index contributed by atoms with van der Waals surface area (Å²) < 4.78 is 0. The maximum Gasteiger partial charge on any atom is 0.0940 e. The largest absolute Gasteiger partial charge is 0.326 e.